The number of amides is 2. The minimum atomic E-state index is -1.90. The van der Waals surface area contributed by atoms with Crippen molar-refractivity contribution in [1.29, 1.82) is 0 Å². The second kappa shape index (κ2) is 5.93. The Bertz CT molecular complexity index is 525. The van der Waals surface area contributed by atoms with Gasteiger partial charge in [-0.3, -0.25) is 9.59 Å². The molecular weight excluding hydrogens is 319 g/mol. The summed E-state index contributed by atoms with van der Waals surface area (Å²) < 4.78 is 30.7. The number of carbonyl (C=O) groups is 2. The van der Waals surface area contributed by atoms with E-state index < -0.39 is 17.2 Å². The van der Waals surface area contributed by atoms with E-state index in [0.29, 0.717) is 46.0 Å². The Labute approximate surface area is 140 Å². The molecule has 0 radical (unpaired) electrons. The third kappa shape index (κ3) is 2.70. The molecule has 2 atom stereocenters. The summed E-state index contributed by atoms with van der Waals surface area (Å²) in [5.74, 6) is -0.476. The molecule has 134 valence electrons. The van der Waals surface area contributed by atoms with Crippen LogP contribution in [-0.2, 0) is 23.8 Å². The van der Waals surface area contributed by atoms with Gasteiger partial charge in [0.2, 0.25) is 11.6 Å². The van der Waals surface area contributed by atoms with Crippen molar-refractivity contribution in [2.45, 2.75) is 24.1 Å². The van der Waals surface area contributed by atoms with Gasteiger partial charge in [0.05, 0.1) is 52.0 Å². The van der Waals surface area contributed by atoms with Crippen LogP contribution in [0, 0.1) is 5.92 Å². The number of hydrogen-bond donors (Lipinski definition) is 0. The van der Waals surface area contributed by atoms with Gasteiger partial charge in [0.25, 0.3) is 5.91 Å². The maximum atomic E-state index is 14.5. The van der Waals surface area contributed by atoms with Crippen molar-refractivity contribution in [1.82, 2.24) is 9.80 Å². The van der Waals surface area contributed by atoms with Gasteiger partial charge in [0.15, 0.2) is 0 Å². The Morgan fingerprint density at radius 1 is 1.04 bits per heavy atom. The fourth-order valence-electron chi connectivity index (χ4n) is 4.00. The summed E-state index contributed by atoms with van der Waals surface area (Å²) in [5, 5.41) is 0. The van der Waals surface area contributed by atoms with E-state index >= 15 is 0 Å². The first-order valence-corrected chi connectivity index (χ1v) is 8.58. The third-order valence-electron chi connectivity index (χ3n) is 5.44. The predicted octanol–water partition coefficient (Wildman–Crippen LogP) is -0.409. The quantitative estimate of drug-likeness (QED) is 0.683. The van der Waals surface area contributed by atoms with Gasteiger partial charge < -0.3 is 24.0 Å². The number of likely N-dealkylation sites (tertiary alicyclic amines) is 1. The molecule has 2 unspecified atom stereocenters. The van der Waals surface area contributed by atoms with Crippen LogP contribution >= 0.6 is 0 Å². The smallest absolute Gasteiger partial charge is 0.262 e. The summed E-state index contributed by atoms with van der Waals surface area (Å²) in [5.41, 5.74) is -2.44. The molecule has 4 rings (SSSR count). The molecule has 4 saturated heterocycles. The molecule has 2 amide bonds. The maximum absolute atomic E-state index is 14.5. The first kappa shape index (κ1) is 16.2. The fraction of sp³-hybridized carbons (Fsp3) is 0.875. The summed E-state index contributed by atoms with van der Waals surface area (Å²) in [6.45, 7) is 3.38. The number of rotatable bonds is 2. The van der Waals surface area contributed by atoms with Crippen molar-refractivity contribution in [3.63, 3.8) is 0 Å². The van der Waals surface area contributed by atoms with Crippen LogP contribution in [0.3, 0.4) is 0 Å². The van der Waals surface area contributed by atoms with Gasteiger partial charge in [-0.2, -0.15) is 0 Å². The number of halogens is 1. The second-order valence-corrected chi connectivity index (χ2v) is 7.28. The molecule has 7 nitrogen and oxygen atoms in total. The lowest BCUT2D eigenvalue weighted by molar-refractivity contribution is -0.200. The number of ether oxygens (including phenoxy) is 3. The summed E-state index contributed by atoms with van der Waals surface area (Å²) in [7, 11) is 0. The Balaban J connectivity index is 1.35. The van der Waals surface area contributed by atoms with Crippen LogP contribution in [0.1, 0.15) is 12.8 Å². The number of morpholine rings is 1. The van der Waals surface area contributed by atoms with Gasteiger partial charge in [0.1, 0.15) is 5.60 Å². The van der Waals surface area contributed by atoms with Gasteiger partial charge >= 0.3 is 0 Å². The van der Waals surface area contributed by atoms with Crippen molar-refractivity contribution in [2.24, 2.45) is 5.92 Å². The molecule has 4 aliphatic rings. The Morgan fingerprint density at radius 2 is 1.83 bits per heavy atom. The lowest BCUT2D eigenvalue weighted by atomic mass is 9.88. The van der Waals surface area contributed by atoms with E-state index in [0.717, 1.165) is 6.42 Å². The highest BCUT2D eigenvalue weighted by Crippen LogP contribution is 2.35. The number of nitrogens with zero attached hydrogens (tertiary/aromatic N) is 2. The van der Waals surface area contributed by atoms with Crippen molar-refractivity contribution in [3.8, 4) is 0 Å². The summed E-state index contributed by atoms with van der Waals surface area (Å²) >= 11 is 0. The Hall–Kier alpha value is -1.25. The van der Waals surface area contributed by atoms with Crippen molar-refractivity contribution in [3.05, 3.63) is 0 Å². The van der Waals surface area contributed by atoms with E-state index in [-0.39, 0.29) is 31.5 Å². The van der Waals surface area contributed by atoms with Crippen LogP contribution in [0.5, 0.6) is 0 Å². The van der Waals surface area contributed by atoms with E-state index in [2.05, 4.69) is 0 Å². The SMILES string of the molecule is O=C(C1CCOC1)N1CCOC2(C1)CN(C(=O)C1(F)CCOC1)C2. The van der Waals surface area contributed by atoms with Crippen LogP contribution < -0.4 is 0 Å². The molecular formula is C16H23FN2O5. The zero-order valence-corrected chi connectivity index (χ0v) is 13.7. The molecule has 24 heavy (non-hydrogen) atoms. The summed E-state index contributed by atoms with van der Waals surface area (Å²) in [4.78, 5) is 28.2. The zero-order valence-electron chi connectivity index (χ0n) is 13.7. The average molecular weight is 342 g/mol. The van der Waals surface area contributed by atoms with Crippen molar-refractivity contribution >= 4 is 11.8 Å². The van der Waals surface area contributed by atoms with Crippen LogP contribution in [0.25, 0.3) is 0 Å². The highest BCUT2D eigenvalue weighted by molar-refractivity contribution is 5.86. The van der Waals surface area contributed by atoms with E-state index in [1.54, 1.807) is 0 Å². The minimum absolute atomic E-state index is 0.0669. The van der Waals surface area contributed by atoms with E-state index in [1.807, 2.05) is 4.90 Å². The standard InChI is InChI=1S/C16H23FN2O5/c17-16(2-5-23-11-16)14(21)19-9-15(10-19)8-18(3-6-24-15)13(20)12-1-4-22-7-12/h12H,1-11H2. The van der Waals surface area contributed by atoms with Gasteiger partial charge in [0, 0.05) is 19.6 Å². The highest BCUT2D eigenvalue weighted by atomic mass is 19.1. The predicted molar refractivity (Wildman–Crippen MR) is 80.0 cm³/mol. The van der Waals surface area contributed by atoms with Crippen LogP contribution in [0.2, 0.25) is 0 Å². The Kier molecular flexibility index (Phi) is 4.01. The monoisotopic (exact) mass is 342 g/mol. The minimum Gasteiger partial charge on any atom is -0.381 e. The van der Waals surface area contributed by atoms with Crippen LogP contribution in [-0.4, -0.2) is 92.1 Å². The van der Waals surface area contributed by atoms with Gasteiger partial charge in [-0.05, 0) is 6.42 Å². The number of hydrogen-bond acceptors (Lipinski definition) is 5. The zero-order chi connectivity index (χ0) is 16.8. The summed E-state index contributed by atoms with van der Waals surface area (Å²) in [6, 6.07) is 0. The maximum Gasteiger partial charge on any atom is 0.262 e. The normalized spacial score (nSPS) is 35.3. The van der Waals surface area contributed by atoms with Gasteiger partial charge in [-0.25, -0.2) is 4.39 Å². The summed E-state index contributed by atoms with van der Waals surface area (Å²) in [6.07, 6.45) is 0.876. The van der Waals surface area contributed by atoms with E-state index in [9.17, 15) is 14.0 Å². The molecule has 4 aliphatic heterocycles. The third-order valence-corrected chi connectivity index (χ3v) is 5.44. The molecule has 4 fully saturated rings. The first-order valence-electron chi connectivity index (χ1n) is 8.58. The molecule has 0 aliphatic carbocycles. The largest absolute Gasteiger partial charge is 0.381 e. The lowest BCUT2D eigenvalue weighted by Crippen LogP contribution is -2.73. The molecule has 0 bridgehead atoms. The van der Waals surface area contributed by atoms with Crippen LogP contribution in [0.4, 0.5) is 4.39 Å². The fourth-order valence-corrected chi connectivity index (χ4v) is 4.00. The molecule has 8 heteroatoms. The number of carbonyl (C=O) groups excluding carboxylic acids is 2. The van der Waals surface area contributed by atoms with E-state index in [4.69, 9.17) is 14.2 Å². The molecule has 0 saturated carbocycles. The number of alkyl halides is 1. The highest BCUT2D eigenvalue weighted by Gasteiger charge is 2.55. The Morgan fingerprint density at radius 3 is 2.50 bits per heavy atom. The topological polar surface area (TPSA) is 68.3 Å². The van der Waals surface area contributed by atoms with E-state index in [1.165, 1.54) is 4.90 Å². The average Bonchev–Trinajstić information content (AvgIpc) is 3.23. The molecule has 0 aromatic carbocycles. The van der Waals surface area contributed by atoms with Gasteiger partial charge in [-0.15, -0.1) is 0 Å². The molecule has 4 heterocycles. The van der Waals surface area contributed by atoms with Crippen molar-refractivity contribution < 1.29 is 28.2 Å². The lowest BCUT2D eigenvalue weighted by Gasteiger charge is -2.54. The molecule has 1 spiro atoms. The molecule has 0 aromatic heterocycles. The van der Waals surface area contributed by atoms with Gasteiger partial charge in [-0.1, -0.05) is 0 Å². The molecule has 0 N–H and O–H groups in total. The molecule has 0 aromatic rings. The van der Waals surface area contributed by atoms with Crippen LogP contribution in [0.15, 0.2) is 0 Å². The second-order valence-electron chi connectivity index (χ2n) is 7.28. The first-order chi connectivity index (χ1) is 11.5. The van der Waals surface area contributed by atoms with Crippen molar-refractivity contribution in [2.75, 3.05) is 59.2 Å².